The van der Waals surface area contributed by atoms with Crippen LogP contribution in [0.1, 0.15) is 24.8 Å². The minimum absolute atomic E-state index is 0.0840. The molecule has 0 saturated heterocycles. The van der Waals surface area contributed by atoms with Gasteiger partial charge in [0.25, 0.3) is 0 Å². The summed E-state index contributed by atoms with van der Waals surface area (Å²) in [4.78, 5) is 11.4. The summed E-state index contributed by atoms with van der Waals surface area (Å²) in [7, 11) is 0. The largest absolute Gasteiger partial charge is 0.397 e. The predicted octanol–water partition coefficient (Wildman–Crippen LogP) is 2.28. The molecule has 1 aliphatic heterocycles. The van der Waals surface area contributed by atoms with Gasteiger partial charge in [0.1, 0.15) is 0 Å². The number of anilines is 3. The predicted molar refractivity (Wildman–Crippen MR) is 73.6 cm³/mol. The fraction of sp³-hybridized carbons (Fsp3) is 0.357. The molecule has 0 radical (unpaired) electrons. The van der Waals surface area contributed by atoms with Crippen LogP contribution in [0, 0.1) is 0 Å². The molecular weight excluding hydrogens is 226 g/mol. The van der Waals surface area contributed by atoms with Gasteiger partial charge >= 0.3 is 0 Å². The van der Waals surface area contributed by atoms with Gasteiger partial charge in [-0.2, -0.15) is 0 Å². The summed E-state index contributed by atoms with van der Waals surface area (Å²) < 4.78 is 0. The second-order valence-corrected chi connectivity index (χ2v) is 4.93. The number of hydrogen-bond acceptors (Lipinski definition) is 3. The molecule has 18 heavy (non-hydrogen) atoms. The molecule has 1 amide bonds. The van der Waals surface area contributed by atoms with Gasteiger partial charge in [-0.15, -0.1) is 0 Å². The fourth-order valence-electron chi connectivity index (χ4n) is 2.53. The molecule has 4 N–H and O–H groups in total. The van der Waals surface area contributed by atoms with E-state index in [1.165, 1.54) is 0 Å². The van der Waals surface area contributed by atoms with E-state index in [1.54, 1.807) is 0 Å². The first-order valence-electron chi connectivity index (χ1n) is 6.36. The highest BCUT2D eigenvalue weighted by Crippen LogP contribution is 2.32. The number of fused-ring (bicyclic) bond motifs is 1. The third kappa shape index (κ3) is 2.06. The van der Waals surface area contributed by atoms with Gasteiger partial charge in [-0.3, -0.25) is 4.79 Å². The normalized spacial score (nSPS) is 18.6. The first-order valence-corrected chi connectivity index (χ1v) is 6.36. The van der Waals surface area contributed by atoms with E-state index in [4.69, 9.17) is 5.73 Å². The van der Waals surface area contributed by atoms with Crippen molar-refractivity contribution in [1.82, 2.24) is 0 Å². The molecule has 0 spiro atoms. The SMILES string of the molecule is Nc1cc2c(cc1NC1CC=CC1)NC(=O)CC2. The maximum atomic E-state index is 11.4. The maximum absolute atomic E-state index is 11.4. The van der Waals surface area contributed by atoms with Crippen LogP contribution in [-0.2, 0) is 11.2 Å². The molecule has 0 unspecified atom stereocenters. The molecule has 3 rings (SSSR count). The molecule has 0 bridgehead atoms. The Morgan fingerprint density at radius 2 is 2.00 bits per heavy atom. The van der Waals surface area contributed by atoms with Gasteiger partial charge in [0.2, 0.25) is 5.91 Å². The summed E-state index contributed by atoms with van der Waals surface area (Å²) in [6.07, 6.45) is 7.73. The molecule has 0 saturated carbocycles. The molecule has 1 heterocycles. The van der Waals surface area contributed by atoms with E-state index in [0.29, 0.717) is 12.5 Å². The van der Waals surface area contributed by atoms with Gasteiger partial charge in [-0.25, -0.2) is 0 Å². The van der Waals surface area contributed by atoms with Crippen LogP contribution in [0.15, 0.2) is 24.3 Å². The van der Waals surface area contributed by atoms with E-state index in [0.717, 1.165) is 41.9 Å². The zero-order chi connectivity index (χ0) is 12.5. The summed E-state index contributed by atoms with van der Waals surface area (Å²) in [5.41, 5.74) is 9.77. The van der Waals surface area contributed by atoms with Crippen molar-refractivity contribution in [2.24, 2.45) is 0 Å². The van der Waals surface area contributed by atoms with Crippen LogP contribution in [-0.4, -0.2) is 11.9 Å². The Morgan fingerprint density at radius 3 is 2.78 bits per heavy atom. The first-order chi connectivity index (χ1) is 8.72. The lowest BCUT2D eigenvalue weighted by Crippen LogP contribution is -2.21. The van der Waals surface area contributed by atoms with Crippen LogP contribution in [0.5, 0.6) is 0 Å². The second kappa shape index (κ2) is 4.37. The standard InChI is InChI=1S/C14H17N3O/c15-11-7-9-5-6-14(18)17-12(9)8-13(11)16-10-3-1-2-4-10/h1-2,7-8,10,16H,3-6,15H2,(H,17,18). The molecule has 4 heteroatoms. The summed E-state index contributed by atoms with van der Waals surface area (Å²) in [5.74, 6) is 0.0840. The first kappa shape index (κ1) is 11.1. The zero-order valence-electron chi connectivity index (χ0n) is 10.2. The molecular formula is C14H17N3O. The number of carbonyl (C=O) groups is 1. The number of nitrogens with two attached hydrogens (primary N) is 1. The Bertz CT molecular complexity index is 514. The lowest BCUT2D eigenvalue weighted by Gasteiger charge is -2.21. The molecule has 1 aliphatic carbocycles. The average molecular weight is 243 g/mol. The summed E-state index contributed by atoms with van der Waals surface area (Å²) in [5, 5.41) is 6.34. The molecule has 94 valence electrons. The van der Waals surface area contributed by atoms with Gasteiger partial charge in [0, 0.05) is 18.2 Å². The quantitative estimate of drug-likeness (QED) is 0.551. The Morgan fingerprint density at radius 1 is 1.22 bits per heavy atom. The topological polar surface area (TPSA) is 67.2 Å². The summed E-state index contributed by atoms with van der Waals surface area (Å²) >= 11 is 0. The minimum atomic E-state index is 0.0840. The number of benzene rings is 1. The molecule has 2 aliphatic rings. The molecule has 4 nitrogen and oxygen atoms in total. The molecule has 0 fully saturated rings. The number of amides is 1. The van der Waals surface area contributed by atoms with E-state index in [1.807, 2.05) is 12.1 Å². The minimum Gasteiger partial charge on any atom is -0.397 e. The van der Waals surface area contributed by atoms with E-state index >= 15 is 0 Å². The number of carbonyl (C=O) groups excluding carboxylic acids is 1. The smallest absolute Gasteiger partial charge is 0.224 e. The van der Waals surface area contributed by atoms with Crippen molar-refractivity contribution in [3.05, 3.63) is 29.8 Å². The molecule has 1 aromatic rings. The number of hydrogen-bond donors (Lipinski definition) is 3. The van der Waals surface area contributed by atoms with Gasteiger partial charge in [0.15, 0.2) is 0 Å². The second-order valence-electron chi connectivity index (χ2n) is 4.93. The van der Waals surface area contributed by atoms with Gasteiger partial charge < -0.3 is 16.4 Å². The molecule has 0 atom stereocenters. The van der Waals surface area contributed by atoms with Crippen molar-refractivity contribution in [1.29, 1.82) is 0 Å². The highest BCUT2D eigenvalue weighted by atomic mass is 16.1. The third-order valence-electron chi connectivity index (χ3n) is 3.54. The number of nitrogens with one attached hydrogen (secondary N) is 2. The lowest BCUT2D eigenvalue weighted by atomic mass is 10.0. The van der Waals surface area contributed by atoms with E-state index in [-0.39, 0.29) is 5.91 Å². The van der Waals surface area contributed by atoms with Crippen molar-refractivity contribution in [2.75, 3.05) is 16.4 Å². The Labute approximate surface area is 106 Å². The number of rotatable bonds is 2. The summed E-state index contributed by atoms with van der Waals surface area (Å²) in [6, 6.07) is 4.35. The monoisotopic (exact) mass is 243 g/mol. The zero-order valence-corrected chi connectivity index (χ0v) is 10.2. The van der Waals surface area contributed by atoms with Gasteiger partial charge in [-0.05, 0) is 37.0 Å². The van der Waals surface area contributed by atoms with Crippen LogP contribution in [0.3, 0.4) is 0 Å². The van der Waals surface area contributed by atoms with Crippen molar-refractivity contribution < 1.29 is 4.79 Å². The van der Waals surface area contributed by atoms with Crippen LogP contribution < -0.4 is 16.4 Å². The number of aryl methyl sites for hydroxylation is 1. The van der Waals surface area contributed by atoms with E-state index < -0.39 is 0 Å². The van der Waals surface area contributed by atoms with E-state index in [9.17, 15) is 4.79 Å². The highest BCUT2D eigenvalue weighted by Gasteiger charge is 2.18. The average Bonchev–Trinajstić information content (AvgIpc) is 2.83. The van der Waals surface area contributed by atoms with E-state index in [2.05, 4.69) is 22.8 Å². The maximum Gasteiger partial charge on any atom is 0.224 e. The third-order valence-corrected chi connectivity index (χ3v) is 3.54. The fourth-order valence-corrected chi connectivity index (χ4v) is 2.53. The van der Waals surface area contributed by atoms with Crippen LogP contribution >= 0.6 is 0 Å². The van der Waals surface area contributed by atoms with Crippen molar-refractivity contribution in [3.63, 3.8) is 0 Å². The molecule has 1 aromatic carbocycles. The van der Waals surface area contributed by atoms with Crippen LogP contribution in [0.4, 0.5) is 17.1 Å². The van der Waals surface area contributed by atoms with Gasteiger partial charge in [0.05, 0.1) is 11.4 Å². The number of nitrogen functional groups attached to an aromatic ring is 1. The summed E-state index contributed by atoms with van der Waals surface area (Å²) in [6.45, 7) is 0. The van der Waals surface area contributed by atoms with Crippen LogP contribution in [0.25, 0.3) is 0 Å². The van der Waals surface area contributed by atoms with Crippen molar-refractivity contribution >= 4 is 23.0 Å². The lowest BCUT2D eigenvalue weighted by molar-refractivity contribution is -0.116. The Hall–Kier alpha value is -1.97. The van der Waals surface area contributed by atoms with Gasteiger partial charge in [-0.1, -0.05) is 12.2 Å². The van der Waals surface area contributed by atoms with Crippen molar-refractivity contribution in [2.45, 2.75) is 31.7 Å². The highest BCUT2D eigenvalue weighted by molar-refractivity contribution is 5.95. The Balaban J connectivity index is 1.85. The van der Waals surface area contributed by atoms with Crippen LogP contribution in [0.2, 0.25) is 0 Å². The van der Waals surface area contributed by atoms with Crippen molar-refractivity contribution in [3.8, 4) is 0 Å². The molecule has 0 aromatic heterocycles. The Kier molecular flexibility index (Phi) is 2.70.